The molecule has 2 aromatic carbocycles. The van der Waals surface area contributed by atoms with E-state index in [9.17, 15) is 8.42 Å². The van der Waals surface area contributed by atoms with Crippen LogP contribution in [0.1, 0.15) is 5.69 Å². The maximum atomic E-state index is 13.0. The summed E-state index contributed by atoms with van der Waals surface area (Å²) < 4.78 is 32.7. The predicted molar refractivity (Wildman–Crippen MR) is 96.1 cm³/mol. The molecule has 25 heavy (non-hydrogen) atoms. The molecule has 0 saturated carbocycles. The maximum absolute atomic E-state index is 13.0. The summed E-state index contributed by atoms with van der Waals surface area (Å²) in [7, 11) is -0.485. The zero-order valence-electron chi connectivity index (χ0n) is 14.1. The van der Waals surface area contributed by atoms with Gasteiger partial charge in [-0.05, 0) is 12.1 Å². The second kappa shape index (κ2) is 7.16. The summed E-state index contributed by atoms with van der Waals surface area (Å²) in [5.74, 6) is 0.650. The first-order chi connectivity index (χ1) is 12.0. The Bertz CT molecular complexity index is 975. The number of fused-ring (bicyclic) bond motifs is 1. The summed E-state index contributed by atoms with van der Waals surface area (Å²) in [4.78, 5) is 8.45. The van der Waals surface area contributed by atoms with Crippen molar-refractivity contribution in [3.05, 3.63) is 60.7 Å². The standard InChI is InChI=1S/C18H19N3O3S/c1-21(12-9-14-13-19-10-11-20-14)25(22,23)18-8-7-17(24-2)15-5-3-4-6-16(15)18/h3-8,10-11,13H,9,12H2,1-2H3. The Kier molecular flexibility index (Phi) is 4.96. The molecule has 0 aliphatic heterocycles. The third-order valence-corrected chi connectivity index (χ3v) is 5.97. The number of benzene rings is 2. The van der Waals surface area contributed by atoms with Gasteiger partial charge < -0.3 is 4.74 Å². The molecule has 0 unspecified atom stereocenters. The summed E-state index contributed by atoms with van der Waals surface area (Å²) >= 11 is 0. The molecule has 0 radical (unpaired) electrons. The lowest BCUT2D eigenvalue weighted by Gasteiger charge is -2.19. The third-order valence-electron chi connectivity index (χ3n) is 4.05. The molecule has 0 aliphatic carbocycles. The van der Waals surface area contributed by atoms with Gasteiger partial charge >= 0.3 is 0 Å². The minimum absolute atomic E-state index is 0.269. The van der Waals surface area contributed by atoms with Crippen molar-refractivity contribution in [1.82, 2.24) is 14.3 Å². The van der Waals surface area contributed by atoms with Gasteiger partial charge in [-0.15, -0.1) is 0 Å². The molecular formula is C18H19N3O3S. The molecule has 0 spiro atoms. The summed E-state index contributed by atoms with van der Waals surface area (Å²) in [6.45, 7) is 0.321. The third kappa shape index (κ3) is 3.47. The number of methoxy groups -OCH3 is 1. The number of likely N-dealkylation sites (N-methyl/N-ethyl adjacent to an activating group) is 1. The van der Waals surface area contributed by atoms with Crippen LogP contribution in [0.25, 0.3) is 10.8 Å². The smallest absolute Gasteiger partial charge is 0.243 e. The van der Waals surface area contributed by atoms with Gasteiger partial charge in [-0.3, -0.25) is 9.97 Å². The monoisotopic (exact) mass is 357 g/mol. The zero-order valence-corrected chi connectivity index (χ0v) is 14.9. The van der Waals surface area contributed by atoms with E-state index in [0.717, 1.165) is 11.1 Å². The highest BCUT2D eigenvalue weighted by Gasteiger charge is 2.23. The van der Waals surface area contributed by atoms with Gasteiger partial charge in [0.25, 0.3) is 0 Å². The Labute approximate surface area is 147 Å². The number of hydrogen-bond donors (Lipinski definition) is 0. The van der Waals surface area contributed by atoms with Crippen molar-refractivity contribution in [2.75, 3.05) is 20.7 Å². The van der Waals surface area contributed by atoms with Gasteiger partial charge in [-0.25, -0.2) is 12.7 Å². The zero-order chi connectivity index (χ0) is 17.9. The van der Waals surface area contributed by atoms with Gasteiger partial charge in [0.1, 0.15) is 5.75 Å². The first kappa shape index (κ1) is 17.3. The van der Waals surface area contributed by atoms with Crippen LogP contribution in [0, 0.1) is 0 Å². The molecule has 0 atom stereocenters. The molecule has 0 amide bonds. The molecule has 0 aliphatic rings. The first-order valence-corrected chi connectivity index (χ1v) is 9.25. The summed E-state index contributed by atoms with van der Waals surface area (Å²) in [5.41, 5.74) is 0.754. The van der Waals surface area contributed by atoms with Gasteiger partial charge in [0, 0.05) is 49.4 Å². The van der Waals surface area contributed by atoms with Crippen molar-refractivity contribution in [3.63, 3.8) is 0 Å². The molecule has 0 bridgehead atoms. The van der Waals surface area contributed by atoms with Crippen molar-refractivity contribution in [2.24, 2.45) is 0 Å². The van der Waals surface area contributed by atoms with Crippen LogP contribution in [0.4, 0.5) is 0 Å². The molecule has 3 rings (SSSR count). The lowest BCUT2D eigenvalue weighted by atomic mass is 10.1. The molecule has 0 fully saturated rings. The van der Waals surface area contributed by atoms with Crippen LogP contribution in [-0.4, -0.2) is 43.4 Å². The Morgan fingerprint density at radius 3 is 2.52 bits per heavy atom. The fourth-order valence-electron chi connectivity index (χ4n) is 2.67. The van der Waals surface area contributed by atoms with Crippen molar-refractivity contribution >= 4 is 20.8 Å². The average molecular weight is 357 g/mol. The van der Waals surface area contributed by atoms with Gasteiger partial charge in [0.15, 0.2) is 0 Å². The Morgan fingerprint density at radius 2 is 1.84 bits per heavy atom. The summed E-state index contributed by atoms with van der Waals surface area (Å²) in [5, 5.41) is 1.42. The number of hydrogen-bond acceptors (Lipinski definition) is 5. The Hall–Kier alpha value is -2.51. The van der Waals surface area contributed by atoms with E-state index in [1.807, 2.05) is 18.2 Å². The van der Waals surface area contributed by atoms with Gasteiger partial charge in [0.05, 0.1) is 17.7 Å². The largest absolute Gasteiger partial charge is 0.496 e. The maximum Gasteiger partial charge on any atom is 0.243 e. The number of rotatable bonds is 6. The van der Waals surface area contributed by atoms with Crippen LogP contribution in [-0.2, 0) is 16.4 Å². The van der Waals surface area contributed by atoms with Crippen LogP contribution in [0.2, 0.25) is 0 Å². The van der Waals surface area contributed by atoms with Gasteiger partial charge in [-0.1, -0.05) is 24.3 Å². The molecule has 130 valence electrons. The van der Waals surface area contributed by atoms with Crippen LogP contribution in [0.5, 0.6) is 5.75 Å². The van der Waals surface area contributed by atoms with E-state index < -0.39 is 10.0 Å². The van der Waals surface area contributed by atoms with Gasteiger partial charge in [-0.2, -0.15) is 0 Å². The molecule has 0 saturated heterocycles. The van der Waals surface area contributed by atoms with E-state index in [4.69, 9.17) is 4.74 Å². The highest BCUT2D eigenvalue weighted by molar-refractivity contribution is 7.89. The SMILES string of the molecule is COc1ccc(S(=O)(=O)N(C)CCc2cnccn2)c2ccccc12. The molecule has 1 aromatic heterocycles. The average Bonchev–Trinajstić information content (AvgIpc) is 2.65. The molecular weight excluding hydrogens is 338 g/mol. The second-order valence-corrected chi connectivity index (χ2v) is 7.60. The quantitative estimate of drug-likeness (QED) is 0.678. The lowest BCUT2D eigenvalue weighted by Crippen LogP contribution is -2.29. The normalized spacial score (nSPS) is 11.8. The van der Waals surface area contributed by atoms with Gasteiger partial charge in [0.2, 0.25) is 10.0 Å². The summed E-state index contributed by atoms with van der Waals surface area (Å²) in [6, 6.07) is 10.6. The van der Waals surface area contributed by atoms with Crippen molar-refractivity contribution in [1.29, 1.82) is 0 Å². The Morgan fingerprint density at radius 1 is 1.08 bits per heavy atom. The highest BCUT2D eigenvalue weighted by atomic mass is 32.2. The fraction of sp³-hybridized carbons (Fsp3) is 0.222. The van der Waals surface area contributed by atoms with E-state index >= 15 is 0 Å². The van der Waals surface area contributed by atoms with Crippen LogP contribution in [0.15, 0.2) is 59.9 Å². The number of nitrogens with zero attached hydrogens (tertiary/aromatic N) is 3. The van der Waals surface area contributed by atoms with E-state index in [1.54, 1.807) is 50.9 Å². The number of sulfonamides is 1. The van der Waals surface area contributed by atoms with Crippen LogP contribution >= 0.6 is 0 Å². The fourth-order valence-corrected chi connectivity index (χ4v) is 4.03. The Balaban J connectivity index is 1.93. The number of aromatic nitrogens is 2. The highest BCUT2D eigenvalue weighted by Crippen LogP contribution is 2.32. The topological polar surface area (TPSA) is 72.4 Å². The van der Waals surface area contributed by atoms with E-state index in [-0.39, 0.29) is 4.90 Å². The lowest BCUT2D eigenvalue weighted by molar-refractivity contribution is 0.419. The van der Waals surface area contributed by atoms with Crippen LogP contribution in [0.3, 0.4) is 0 Å². The minimum Gasteiger partial charge on any atom is -0.496 e. The van der Waals surface area contributed by atoms with E-state index in [2.05, 4.69) is 9.97 Å². The molecule has 6 nitrogen and oxygen atoms in total. The molecule has 1 heterocycles. The van der Waals surface area contributed by atoms with E-state index in [1.165, 1.54) is 4.31 Å². The van der Waals surface area contributed by atoms with Crippen molar-refractivity contribution in [3.8, 4) is 5.75 Å². The molecule has 3 aromatic rings. The minimum atomic E-state index is -3.63. The van der Waals surface area contributed by atoms with Crippen molar-refractivity contribution in [2.45, 2.75) is 11.3 Å². The van der Waals surface area contributed by atoms with Crippen molar-refractivity contribution < 1.29 is 13.2 Å². The number of ether oxygens (including phenoxy) is 1. The second-order valence-electron chi connectivity index (χ2n) is 5.58. The molecule has 7 heteroatoms. The first-order valence-electron chi connectivity index (χ1n) is 7.81. The molecule has 0 N–H and O–H groups in total. The predicted octanol–water partition coefficient (Wildman–Crippen LogP) is 2.50. The van der Waals surface area contributed by atoms with E-state index in [0.29, 0.717) is 24.1 Å². The summed E-state index contributed by atoms with van der Waals surface area (Å²) in [6.07, 6.45) is 5.33. The van der Waals surface area contributed by atoms with Crippen LogP contribution < -0.4 is 4.74 Å².